The average molecular weight is 370 g/mol. The molecule has 2 aliphatic heterocycles. The molecule has 0 unspecified atom stereocenters. The molecule has 2 heterocycles. The molecule has 6 heteroatoms. The smallest absolute Gasteiger partial charge is 0.231 e. The Morgan fingerprint density at radius 2 is 1.33 bits per heavy atom. The third-order valence-corrected chi connectivity index (χ3v) is 5.16. The maximum absolute atomic E-state index is 5.48. The first-order chi connectivity index (χ1) is 13.2. The quantitative estimate of drug-likeness (QED) is 0.779. The minimum Gasteiger partial charge on any atom is -0.493 e. The van der Waals surface area contributed by atoms with Crippen LogP contribution in [0.3, 0.4) is 0 Å². The molecule has 6 nitrogen and oxygen atoms in total. The number of nitrogens with zero attached hydrogens (tertiary/aromatic N) is 2. The first-order valence-electron chi connectivity index (χ1n) is 9.29. The third-order valence-electron chi connectivity index (χ3n) is 5.16. The monoisotopic (exact) mass is 370 g/mol. The van der Waals surface area contributed by atoms with E-state index in [4.69, 9.17) is 18.9 Å². The van der Waals surface area contributed by atoms with Crippen molar-refractivity contribution in [3.63, 3.8) is 0 Å². The Balaban J connectivity index is 1.30. The maximum Gasteiger partial charge on any atom is 0.231 e. The lowest BCUT2D eigenvalue weighted by Crippen LogP contribution is -2.45. The first-order valence-corrected chi connectivity index (χ1v) is 9.29. The van der Waals surface area contributed by atoms with Crippen LogP contribution in [0.25, 0.3) is 0 Å². The SMILES string of the molecule is COc1ccc(CN2CCN(Cc3ccc4c(c3)OCO4)CC2)cc1OC. The molecule has 0 radical (unpaired) electrons. The van der Waals surface area contributed by atoms with Gasteiger partial charge in [-0.05, 0) is 35.4 Å². The van der Waals surface area contributed by atoms with Crippen molar-refractivity contribution < 1.29 is 18.9 Å². The second-order valence-corrected chi connectivity index (χ2v) is 6.93. The summed E-state index contributed by atoms with van der Waals surface area (Å²) in [4.78, 5) is 4.97. The van der Waals surface area contributed by atoms with E-state index in [1.165, 1.54) is 11.1 Å². The van der Waals surface area contributed by atoms with Gasteiger partial charge in [-0.25, -0.2) is 0 Å². The van der Waals surface area contributed by atoms with E-state index in [-0.39, 0.29) is 0 Å². The Kier molecular flexibility index (Phi) is 5.36. The number of benzene rings is 2. The van der Waals surface area contributed by atoms with Gasteiger partial charge in [0.2, 0.25) is 6.79 Å². The van der Waals surface area contributed by atoms with Gasteiger partial charge in [0.1, 0.15) is 0 Å². The van der Waals surface area contributed by atoms with Crippen LogP contribution in [0.4, 0.5) is 0 Å². The molecular formula is C21H26N2O4. The molecule has 0 bridgehead atoms. The summed E-state index contributed by atoms with van der Waals surface area (Å²) in [5.74, 6) is 3.27. The largest absolute Gasteiger partial charge is 0.493 e. The fourth-order valence-corrected chi connectivity index (χ4v) is 3.64. The van der Waals surface area contributed by atoms with Crippen molar-refractivity contribution in [3.05, 3.63) is 47.5 Å². The number of fused-ring (bicyclic) bond motifs is 1. The van der Waals surface area contributed by atoms with Crippen LogP contribution >= 0.6 is 0 Å². The number of piperazine rings is 1. The molecule has 0 aliphatic carbocycles. The molecule has 0 spiro atoms. The van der Waals surface area contributed by atoms with Crippen molar-refractivity contribution in [1.82, 2.24) is 9.80 Å². The summed E-state index contributed by atoms with van der Waals surface area (Å²) in [5, 5.41) is 0. The van der Waals surface area contributed by atoms with Crippen molar-refractivity contribution in [2.24, 2.45) is 0 Å². The summed E-state index contributed by atoms with van der Waals surface area (Å²) in [7, 11) is 3.34. The Morgan fingerprint density at radius 1 is 0.741 bits per heavy atom. The molecule has 4 rings (SSSR count). The predicted octanol–water partition coefficient (Wildman–Crippen LogP) is 2.75. The van der Waals surface area contributed by atoms with Crippen molar-refractivity contribution in [2.45, 2.75) is 13.1 Å². The van der Waals surface area contributed by atoms with E-state index in [9.17, 15) is 0 Å². The van der Waals surface area contributed by atoms with Crippen LogP contribution in [0.5, 0.6) is 23.0 Å². The molecular weight excluding hydrogens is 344 g/mol. The zero-order chi connectivity index (χ0) is 18.6. The van der Waals surface area contributed by atoms with Gasteiger partial charge in [-0.3, -0.25) is 9.80 Å². The third kappa shape index (κ3) is 4.12. The Hall–Kier alpha value is -2.44. The van der Waals surface area contributed by atoms with Gasteiger partial charge in [0.25, 0.3) is 0 Å². The normalized spacial score (nSPS) is 17.1. The predicted molar refractivity (Wildman–Crippen MR) is 103 cm³/mol. The van der Waals surface area contributed by atoms with E-state index in [2.05, 4.69) is 34.1 Å². The van der Waals surface area contributed by atoms with E-state index in [0.29, 0.717) is 6.79 Å². The highest BCUT2D eigenvalue weighted by Gasteiger charge is 2.19. The van der Waals surface area contributed by atoms with Gasteiger partial charge in [0.05, 0.1) is 14.2 Å². The highest BCUT2D eigenvalue weighted by molar-refractivity contribution is 5.44. The molecule has 0 atom stereocenters. The summed E-state index contributed by atoms with van der Waals surface area (Å²) < 4.78 is 21.6. The minimum atomic E-state index is 0.327. The first kappa shape index (κ1) is 17.9. The second kappa shape index (κ2) is 8.06. The van der Waals surface area contributed by atoms with Crippen molar-refractivity contribution in [2.75, 3.05) is 47.2 Å². The molecule has 144 valence electrons. The zero-order valence-electron chi connectivity index (χ0n) is 15.9. The highest BCUT2D eigenvalue weighted by Crippen LogP contribution is 2.33. The van der Waals surface area contributed by atoms with Crippen LogP contribution in [0.1, 0.15) is 11.1 Å². The molecule has 0 saturated carbocycles. The van der Waals surface area contributed by atoms with Crippen LogP contribution < -0.4 is 18.9 Å². The Labute approximate surface area is 160 Å². The summed E-state index contributed by atoms with van der Waals surface area (Å²) in [5.41, 5.74) is 2.52. The number of hydrogen-bond acceptors (Lipinski definition) is 6. The minimum absolute atomic E-state index is 0.327. The average Bonchev–Trinajstić information content (AvgIpc) is 3.17. The van der Waals surface area contributed by atoms with Crippen LogP contribution in [0.15, 0.2) is 36.4 Å². The van der Waals surface area contributed by atoms with Crippen molar-refractivity contribution in [3.8, 4) is 23.0 Å². The zero-order valence-corrected chi connectivity index (χ0v) is 15.9. The standard InChI is InChI=1S/C21H26N2O4/c1-24-18-5-3-16(11-20(18)25-2)13-22-7-9-23(10-8-22)14-17-4-6-19-21(12-17)27-15-26-19/h3-6,11-12H,7-10,13-15H2,1-2H3. The van der Waals surface area contributed by atoms with Crippen molar-refractivity contribution in [1.29, 1.82) is 0 Å². The van der Waals surface area contributed by atoms with Crippen LogP contribution in [-0.2, 0) is 13.1 Å². The van der Waals surface area contributed by atoms with E-state index in [1.807, 2.05) is 12.1 Å². The van der Waals surface area contributed by atoms with Gasteiger partial charge < -0.3 is 18.9 Å². The fraction of sp³-hybridized carbons (Fsp3) is 0.429. The lowest BCUT2D eigenvalue weighted by molar-refractivity contribution is 0.122. The molecule has 1 fully saturated rings. The Morgan fingerprint density at radius 3 is 2.00 bits per heavy atom. The molecule has 0 amide bonds. The summed E-state index contributed by atoms with van der Waals surface area (Å²) in [6, 6.07) is 12.4. The number of ether oxygens (including phenoxy) is 4. The van der Waals surface area contributed by atoms with Gasteiger partial charge in [0.15, 0.2) is 23.0 Å². The van der Waals surface area contributed by atoms with E-state index in [1.54, 1.807) is 14.2 Å². The van der Waals surface area contributed by atoms with Crippen LogP contribution in [-0.4, -0.2) is 57.0 Å². The molecule has 0 aromatic heterocycles. The molecule has 27 heavy (non-hydrogen) atoms. The van der Waals surface area contributed by atoms with E-state index < -0.39 is 0 Å². The lowest BCUT2D eigenvalue weighted by atomic mass is 10.1. The van der Waals surface area contributed by atoms with E-state index >= 15 is 0 Å². The maximum atomic E-state index is 5.48. The lowest BCUT2D eigenvalue weighted by Gasteiger charge is -2.34. The Bertz CT molecular complexity index is 788. The van der Waals surface area contributed by atoms with E-state index in [0.717, 1.165) is 62.3 Å². The molecule has 0 N–H and O–H groups in total. The number of rotatable bonds is 6. The molecule has 2 aliphatic rings. The number of methoxy groups -OCH3 is 2. The summed E-state index contributed by atoms with van der Waals surface area (Å²) in [6.45, 7) is 6.42. The number of hydrogen-bond donors (Lipinski definition) is 0. The summed E-state index contributed by atoms with van der Waals surface area (Å²) in [6.07, 6.45) is 0. The highest BCUT2D eigenvalue weighted by atomic mass is 16.7. The molecule has 2 aromatic rings. The van der Waals surface area contributed by atoms with Gasteiger partial charge in [-0.15, -0.1) is 0 Å². The molecule has 1 saturated heterocycles. The van der Waals surface area contributed by atoms with Gasteiger partial charge in [-0.1, -0.05) is 12.1 Å². The van der Waals surface area contributed by atoms with Gasteiger partial charge >= 0.3 is 0 Å². The second-order valence-electron chi connectivity index (χ2n) is 6.93. The summed E-state index contributed by atoms with van der Waals surface area (Å²) >= 11 is 0. The van der Waals surface area contributed by atoms with Crippen molar-refractivity contribution >= 4 is 0 Å². The van der Waals surface area contributed by atoms with Gasteiger partial charge in [0, 0.05) is 39.3 Å². The fourth-order valence-electron chi connectivity index (χ4n) is 3.64. The van der Waals surface area contributed by atoms with Crippen LogP contribution in [0, 0.1) is 0 Å². The molecule has 2 aromatic carbocycles. The topological polar surface area (TPSA) is 43.4 Å². The van der Waals surface area contributed by atoms with Gasteiger partial charge in [-0.2, -0.15) is 0 Å². The van der Waals surface area contributed by atoms with Crippen LogP contribution in [0.2, 0.25) is 0 Å².